The fourth-order valence-electron chi connectivity index (χ4n) is 8.30. The Morgan fingerprint density at radius 3 is 0.854 bits per heavy atom. The number of esters is 3. The van der Waals surface area contributed by atoms with Crippen LogP contribution in [-0.2, 0) is 28.6 Å². The monoisotopic (exact) mass is 1130 g/mol. The van der Waals surface area contributed by atoms with Crippen molar-refractivity contribution in [3.63, 3.8) is 0 Å². The van der Waals surface area contributed by atoms with E-state index in [-0.39, 0.29) is 44.0 Å². The molecule has 0 aliphatic carbocycles. The number of unbranched alkanes of at least 4 members (excludes halogenated alkanes) is 16. The minimum atomic E-state index is -0.838. The Kier molecular flexibility index (Phi) is 63.5. The predicted molar refractivity (Wildman–Crippen MR) is 357 cm³/mol. The molecule has 0 fully saturated rings. The minimum absolute atomic E-state index is 0.133. The summed E-state index contributed by atoms with van der Waals surface area (Å²) in [5, 5.41) is 0. The Morgan fingerprint density at radius 2 is 0.500 bits per heavy atom. The topological polar surface area (TPSA) is 78.9 Å². The van der Waals surface area contributed by atoms with Gasteiger partial charge in [0.2, 0.25) is 0 Å². The van der Waals surface area contributed by atoms with Crippen molar-refractivity contribution in [3.8, 4) is 0 Å². The lowest BCUT2D eigenvalue weighted by atomic mass is 10.1. The highest BCUT2D eigenvalue weighted by Gasteiger charge is 2.19. The largest absolute Gasteiger partial charge is 0.462 e. The van der Waals surface area contributed by atoms with Crippen molar-refractivity contribution in [3.05, 3.63) is 182 Å². The molecule has 0 rings (SSSR count). The summed E-state index contributed by atoms with van der Waals surface area (Å²) >= 11 is 0. The number of hydrogen-bond donors (Lipinski definition) is 0. The molecule has 458 valence electrons. The van der Waals surface area contributed by atoms with Crippen LogP contribution in [0.3, 0.4) is 0 Å². The molecule has 0 heterocycles. The zero-order valence-corrected chi connectivity index (χ0v) is 52.4. The molecule has 1 unspecified atom stereocenters. The van der Waals surface area contributed by atoms with Gasteiger partial charge in [-0.3, -0.25) is 14.4 Å². The zero-order chi connectivity index (χ0) is 59.2. The van der Waals surface area contributed by atoms with E-state index in [1.165, 1.54) is 83.5 Å². The van der Waals surface area contributed by atoms with Gasteiger partial charge in [-0.2, -0.15) is 0 Å². The average Bonchev–Trinajstić information content (AvgIpc) is 3.47. The number of ether oxygens (including phenoxy) is 3. The molecular weight excluding hydrogens is 1010 g/mol. The molecule has 0 spiro atoms. The molecule has 6 nitrogen and oxygen atoms in total. The van der Waals surface area contributed by atoms with E-state index in [1.807, 2.05) is 12.2 Å². The molecule has 1 atom stereocenters. The highest BCUT2D eigenvalue weighted by atomic mass is 16.6. The van der Waals surface area contributed by atoms with Gasteiger partial charge in [0.15, 0.2) is 6.10 Å². The van der Waals surface area contributed by atoms with Crippen molar-refractivity contribution in [2.45, 2.75) is 264 Å². The van der Waals surface area contributed by atoms with Crippen LogP contribution in [0.4, 0.5) is 0 Å². The van der Waals surface area contributed by atoms with Crippen LogP contribution in [-0.4, -0.2) is 37.2 Å². The van der Waals surface area contributed by atoms with Crippen LogP contribution < -0.4 is 0 Å². The van der Waals surface area contributed by atoms with Gasteiger partial charge in [-0.1, -0.05) is 274 Å². The molecule has 0 aromatic carbocycles. The van der Waals surface area contributed by atoms with Gasteiger partial charge >= 0.3 is 17.9 Å². The smallest absolute Gasteiger partial charge is 0.306 e. The molecule has 0 bridgehead atoms. The first-order valence-electron chi connectivity index (χ1n) is 32.8. The fraction of sp³-hybridized carbons (Fsp3) is 0.566. The van der Waals surface area contributed by atoms with E-state index in [1.54, 1.807) is 0 Å². The van der Waals surface area contributed by atoms with Gasteiger partial charge in [-0.15, -0.1) is 0 Å². The highest BCUT2D eigenvalue weighted by Crippen LogP contribution is 2.14. The van der Waals surface area contributed by atoms with Gasteiger partial charge < -0.3 is 14.2 Å². The van der Waals surface area contributed by atoms with E-state index in [0.717, 1.165) is 122 Å². The summed E-state index contributed by atoms with van der Waals surface area (Å²) in [6.45, 7) is 6.29. The fourth-order valence-corrected chi connectivity index (χ4v) is 8.30. The number of allylic oxidation sites excluding steroid dienone is 30. The maximum absolute atomic E-state index is 12.9. The third kappa shape index (κ3) is 65.3. The second kappa shape index (κ2) is 68.0. The normalized spacial score (nSPS) is 13.4. The number of carbonyl (C=O) groups is 3. The van der Waals surface area contributed by atoms with Gasteiger partial charge in [0.1, 0.15) is 13.2 Å². The quantitative estimate of drug-likeness (QED) is 0.0261. The van der Waals surface area contributed by atoms with Crippen molar-refractivity contribution >= 4 is 17.9 Å². The van der Waals surface area contributed by atoms with Crippen molar-refractivity contribution in [1.82, 2.24) is 0 Å². The molecule has 82 heavy (non-hydrogen) atoms. The van der Waals surface area contributed by atoms with Crippen LogP contribution in [0, 0.1) is 0 Å². The summed E-state index contributed by atoms with van der Waals surface area (Å²) in [4.78, 5) is 38.2. The summed E-state index contributed by atoms with van der Waals surface area (Å²) in [7, 11) is 0. The summed E-state index contributed by atoms with van der Waals surface area (Å²) in [5.74, 6) is -1.07. The molecule has 0 N–H and O–H groups in total. The third-order valence-electron chi connectivity index (χ3n) is 13.1. The van der Waals surface area contributed by atoms with Crippen molar-refractivity contribution in [1.29, 1.82) is 0 Å². The van der Waals surface area contributed by atoms with Crippen molar-refractivity contribution < 1.29 is 28.6 Å². The van der Waals surface area contributed by atoms with E-state index in [0.29, 0.717) is 19.3 Å². The second-order valence-electron chi connectivity index (χ2n) is 20.9. The maximum Gasteiger partial charge on any atom is 0.306 e. The molecule has 0 aliphatic heterocycles. The first kappa shape index (κ1) is 76.5. The van der Waals surface area contributed by atoms with Crippen molar-refractivity contribution in [2.24, 2.45) is 0 Å². The standard InChI is InChI=1S/C76H118O6/c1-4-7-10-13-16-19-22-25-27-29-31-32-33-34-35-36-37-38-39-40-41-42-43-44-45-47-48-51-54-57-60-63-66-69-75(78)81-72-73(71-80-74(77)68-65-62-59-56-53-50-24-21-18-15-12-9-6-3)82-76(79)70-67-64-61-58-55-52-49-46-30-28-26-23-20-17-14-11-8-5-2/h7,9-10,12,16,18-19,21,25,27-28,30-32,34-35,37-38,40-41,43-44,47-48,50,53-54,57,59,62,73H,4-6,8,11,13-15,17,20,22-24,26,29,33,36,39,42,45-46,49,51-52,55-56,58,60-61,63-72H2,1-3H3/b10-7-,12-9-,19-16-,21-18-,27-25-,30-28-,32-31-,35-34-,38-37-,41-40-,44-43-,48-47-,53-50-,57-54-,62-59-. The van der Waals surface area contributed by atoms with Crippen molar-refractivity contribution in [2.75, 3.05) is 13.2 Å². The molecule has 0 amide bonds. The Morgan fingerprint density at radius 1 is 0.256 bits per heavy atom. The van der Waals surface area contributed by atoms with Crippen LogP contribution in [0.1, 0.15) is 258 Å². The van der Waals surface area contributed by atoms with Crippen LogP contribution in [0.2, 0.25) is 0 Å². The lowest BCUT2D eigenvalue weighted by molar-refractivity contribution is -0.166. The highest BCUT2D eigenvalue weighted by molar-refractivity contribution is 5.71. The third-order valence-corrected chi connectivity index (χ3v) is 13.1. The predicted octanol–water partition coefficient (Wildman–Crippen LogP) is 22.8. The number of carbonyl (C=O) groups excluding carboxylic acids is 3. The Hall–Kier alpha value is -5.49. The summed E-state index contributed by atoms with van der Waals surface area (Å²) in [6, 6.07) is 0. The van der Waals surface area contributed by atoms with Gasteiger partial charge in [0, 0.05) is 19.3 Å². The van der Waals surface area contributed by atoms with Crippen LogP contribution >= 0.6 is 0 Å². The van der Waals surface area contributed by atoms with Crippen LogP contribution in [0.25, 0.3) is 0 Å². The molecule has 0 saturated heterocycles. The van der Waals surface area contributed by atoms with E-state index in [4.69, 9.17) is 14.2 Å². The van der Waals surface area contributed by atoms with Gasteiger partial charge in [0.25, 0.3) is 0 Å². The Bertz CT molecular complexity index is 1920. The molecule has 0 saturated carbocycles. The van der Waals surface area contributed by atoms with Gasteiger partial charge in [-0.05, 0) is 148 Å². The first-order chi connectivity index (χ1) is 40.5. The molecule has 0 aliphatic rings. The number of rotatable bonds is 57. The molecule has 0 radical (unpaired) electrons. The SMILES string of the molecule is CC/C=C\C/C=C\C/C=C\C/C=C\C/C=C\C/C=C\C/C=C\C/C=C\C/C=C\C/C=C\CCCCC(=O)OCC(COC(=O)CC/C=C\C/C=C\C/C=C\C/C=C\CC)OC(=O)CCCCCCCCC/C=C\CCCCCCCCC. The van der Waals surface area contributed by atoms with E-state index in [2.05, 4.69) is 191 Å². The Balaban J connectivity index is 4.45. The Labute approximate surface area is 504 Å². The molecule has 0 aromatic rings. The summed E-state index contributed by atoms with van der Waals surface area (Å²) in [6.07, 6.45) is 102. The molecular formula is C76H118O6. The second-order valence-corrected chi connectivity index (χ2v) is 20.9. The molecule has 0 aromatic heterocycles. The zero-order valence-electron chi connectivity index (χ0n) is 52.4. The lowest BCUT2D eigenvalue weighted by Crippen LogP contribution is -2.30. The van der Waals surface area contributed by atoms with Gasteiger partial charge in [0.05, 0.1) is 0 Å². The van der Waals surface area contributed by atoms with E-state index in [9.17, 15) is 14.4 Å². The summed E-state index contributed by atoms with van der Waals surface area (Å²) in [5.41, 5.74) is 0. The molecule has 6 heteroatoms. The first-order valence-corrected chi connectivity index (χ1v) is 32.8. The van der Waals surface area contributed by atoms with E-state index < -0.39 is 6.10 Å². The number of hydrogen-bond acceptors (Lipinski definition) is 6. The van der Waals surface area contributed by atoms with Crippen LogP contribution in [0.5, 0.6) is 0 Å². The van der Waals surface area contributed by atoms with Gasteiger partial charge in [-0.25, -0.2) is 0 Å². The average molecular weight is 1130 g/mol. The minimum Gasteiger partial charge on any atom is -0.462 e. The summed E-state index contributed by atoms with van der Waals surface area (Å²) < 4.78 is 16.8. The maximum atomic E-state index is 12.9. The van der Waals surface area contributed by atoms with E-state index >= 15 is 0 Å². The lowest BCUT2D eigenvalue weighted by Gasteiger charge is -2.18. The van der Waals surface area contributed by atoms with Crippen LogP contribution in [0.15, 0.2) is 182 Å².